The molecule has 0 aliphatic carbocycles. The first-order chi connectivity index (χ1) is 12.4. The second-order valence-electron chi connectivity index (χ2n) is 4.96. The number of amides is 1. The first-order valence-corrected chi connectivity index (χ1v) is 7.36. The highest BCUT2D eigenvalue weighted by Crippen LogP contribution is 2.33. The van der Waals surface area contributed by atoms with Crippen LogP contribution in [0, 0.1) is 11.3 Å². The van der Waals surface area contributed by atoms with Gasteiger partial charge in [0.05, 0.1) is 11.8 Å². The smallest absolute Gasteiger partial charge is 0.444 e. The van der Waals surface area contributed by atoms with E-state index in [1.807, 2.05) is 0 Å². The number of carbonyl (C=O) groups is 1. The lowest BCUT2D eigenvalue weighted by Crippen LogP contribution is -2.20. The Morgan fingerprint density at radius 3 is 2.54 bits per heavy atom. The van der Waals surface area contributed by atoms with Gasteiger partial charge in [0.15, 0.2) is 5.75 Å². The minimum absolute atomic E-state index is 0.0378. The van der Waals surface area contributed by atoms with Gasteiger partial charge in [0.1, 0.15) is 13.2 Å². The summed E-state index contributed by atoms with van der Waals surface area (Å²) in [6, 6.07) is 14.2. The fourth-order valence-corrected chi connectivity index (χ4v) is 1.96. The fourth-order valence-electron chi connectivity index (χ4n) is 1.96. The molecule has 0 atom stereocenters. The number of halogens is 3. The molecule has 6 nitrogen and oxygen atoms in total. The van der Waals surface area contributed by atoms with Gasteiger partial charge in [-0.1, -0.05) is 30.3 Å². The van der Waals surface area contributed by atoms with Crippen LogP contribution in [0.25, 0.3) is 0 Å². The van der Waals surface area contributed by atoms with Gasteiger partial charge in [-0.3, -0.25) is 5.32 Å². The number of nitrogens with zero attached hydrogens (tertiary/aromatic N) is 1. The van der Waals surface area contributed by atoms with Crippen LogP contribution < -0.4 is 15.4 Å². The third-order valence-electron chi connectivity index (χ3n) is 3.03. The number of hydrogen-bond acceptors (Lipinski definition) is 5. The van der Waals surface area contributed by atoms with E-state index in [9.17, 15) is 18.0 Å². The summed E-state index contributed by atoms with van der Waals surface area (Å²) in [5, 5.41) is 13.3. The van der Waals surface area contributed by atoms with Crippen LogP contribution in [0.1, 0.15) is 5.56 Å². The summed E-state index contributed by atoms with van der Waals surface area (Å²) in [4.78, 5) is 11.8. The molecule has 26 heavy (non-hydrogen) atoms. The Kier molecular flexibility index (Phi) is 6.27. The van der Waals surface area contributed by atoms with Crippen molar-refractivity contribution in [2.45, 2.75) is 13.0 Å². The largest absolute Gasteiger partial charge is 0.573 e. The van der Waals surface area contributed by atoms with Crippen molar-refractivity contribution in [1.82, 2.24) is 0 Å². The van der Waals surface area contributed by atoms with Crippen LogP contribution in [-0.4, -0.2) is 19.0 Å². The Labute approximate surface area is 147 Å². The van der Waals surface area contributed by atoms with Gasteiger partial charge in [-0.05, 0) is 17.7 Å². The molecule has 0 unspecified atom stereocenters. The van der Waals surface area contributed by atoms with E-state index in [1.54, 1.807) is 36.4 Å². The van der Waals surface area contributed by atoms with Gasteiger partial charge in [0.2, 0.25) is 0 Å². The normalized spacial score (nSPS) is 10.5. The summed E-state index contributed by atoms with van der Waals surface area (Å²) in [5.74, 6) is -0.628. The zero-order chi connectivity index (χ0) is 19.0. The molecule has 1 amide bonds. The Morgan fingerprint density at radius 1 is 1.15 bits per heavy atom. The molecule has 0 aromatic heterocycles. The third kappa shape index (κ3) is 6.24. The van der Waals surface area contributed by atoms with Crippen molar-refractivity contribution in [2.75, 3.05) is 17.2 Å². The fraction of sp³-hybridized carbons (Fsp3) is 0.176. The van der Waals surface area contributed by atoms with Gasteiger partial charge in [-0.25, -0.2) is 4.79 Å². The van der Waals surface area contributed by atoms with E-state index in [1.165, 1.54) is 12.1 Å². The second kappa shape index (κ2) is 8.62. The van der Waals surface area contributed by atoms with E-state index < -0.39 is 18.2 Å². The van der Waals surface area contributed by atoms with Gasteiger partial charge < -0.3 is 14.8 Å². The molecule has 0 fully saturated rings. The van der Waals surface area contributed by atoms with Crippen molar-refractivity contribution in [3.05, 3.63) is 54.1 Å². The molecule has 0 aliphatic rings. The summed E-state index contributed by atoms with van der Waals surface area (Å²) in [7, 11) is 0. The average molecular weight is 365 g/mol. The lowest BCUT2D eigenvalue weighted by atomic mass is 10.2. The summed E-state index contributed by atoms with van der Waals surface area (Å²) < 4.78 is 46.6. The molecular weight excluding hydrogens is 351 g/mol. The van der Waals surface area contributed by atoms with Crippen LogP contribution in [0.5, 0.6) is 5.75 Å². The van der Waals surface area contributed by atoms with E-state index >= 15 is 0 Å². The van der Waals surface area contributed by atoms with Crippen LogP contribution >= 0.6 is 0 Å². The zero-order valence-electron chi connectivity index (χ0n) is 13.3. The van der Waals surface area contributed by atoms with Gasteiger partial charge in [-0.15, -0.1) is 13.2 Å². The van der Waals surface area contributed by atoms with Gasteiger partial charge in [-0.2, -0.15) is 5.26 Å². The summed E-state index contributed by atoms with van der Waals surface area (Å²) in [6.07, 6.45) is -5.88. The number of carbonyl (C=O) groups excluding carboxylic acids is 1. The highest BCUT2D eigenvalue weighted by molar-refractivity contribution is 5.87. The molecule has 9 heteroatoms. The summed E-state index contributed by atoms with van der Waals surface area (Å²) in [6.45, 7) is -0.138. The number of anilines is 2. The predicted octanol–water partition coefficient (Wildman–Crippen LogP) is 4.27. The molecule has 0 saturated carbocycles. The molecule has 0 bridgehead atoms. The van der Waals surface area contributed by atoms with E-state index in [2.05, 4.69) is 15.4 Å². The Balaban J connectivity index is 2.08. The molecule has 0 heterocycles. The van der Waals surface area contributed by atoms with Crippen LogP contribution in [-0.2, 0) is 11.3 Å². The Morgan fingerprint density at radius 2 is 1.88 bits per heavy atom. The quantitative estimate of drug-likeness (QED) is 0.747. The monoisotopic (exact) mass is 365 g/mol. The number of ether oxygens (including phenoxy) is 2. The van der Waals surface area contributed by atoms with E-state index in [0.717, 1.165) is 11.6 Å². The van der Waals surface area contributed by atoms with E-state index in [4.69, 9.17) is 10.00 Å². The minimum Gasteiger partial charge on any atom is -0.444 e. The Hall–Kier alpha value is -3.41. The lowest BCUT2D eigenvalue weighted by Gasteiger charge is -2.15. The number of benzene rings is 2. The third-order valence-corrected chi connectivity index (χ3v) is 3.03. The molecule has 0 spiro atoms. The van der Waals surface area contributed by atoms with Crippen molar-refractivity contribution in [3.8, 4) is 11.8 Å². The molecule has 2 aromatic carbocycles. The topological polar surface area (TPSA) is 83.4 Å². The second-order valence-corrected chi connectivity index (χ2v) is 4.96. The minimum atomic E-state index is -4.95. The van der Waals surface area contributed by atoms with Crippen LogP contribution in [0.4, 0.5) is 29.3 Å². The van der Waals surface area contributed by atoms with Crippen LogP contribution in [0.2, 0.25) is 0 Å². The van der Waals surface area contributed by atoms with Crippen molar-refractivity contribution in [3.63, 3.8) is 0 Å². The highest BCUT2D eigenvalue weighted by atomic mass is 19.4. The lowest BCUT2D eigenvalue weighted by molar-refractivity contribution is -0.274. The molecule has 0 radical (unpaired) electrons. The first-order valence-electron chi connectivity index (χ1n) is 7.36. The van der Waals surface area contributed by atoms with Crippen molar-refractivity contribution in [1.29, 1.82) is 5.26 Å². The molecule has 2 N–H and O–H groups in total. The zero-order valence-corrected chi connectivity index (χ0v) is 13.3. The molecule has 2 rings (SSSR count). The van der Waals surface area contributed by atoms with E-state index in [-0.39, 0.29) is 24.5 Å². The van der Waals surface area contributed by atoms with Gasteiger partial charge in [0.25, 0.3) is 0 Å². The number of nitrogens with one attached hydrogen (secondary N) is 2. The molecule has 2 aromatic rings. The maximum atomic E-state index is 12.6. The number of rotatable bonds is 6. The Bertz CT molecular complexity index is 789. The van der Waals surface area contributed by atoms with Crippen molar-refractivity contribution in [2.24, 2.45) is 0 Å². The summed E-state index contributed by atoms with van der Waals surface area (Å²) in [5.41, 5.74) is 0.738. The van der Waals surface area contributed by atoms with E-state index in [0.29, 0.717) is 0 Å². The maximum absolute atomic E-state index is 12.6. The van der Waals surface area contributed by atoms with Crippen LogP contribution in [0.3, 0.4) is 0 Å². The number of nitriles is 1. The average Bonchev–Trinajstić information content (AvgIpc) is 2.60. The first kappa shape index (κ1) is 18.9. The molecule has 0 saturated heterocycles. The van der Waals surface area contributed by atoms with Crippen molar-refractivity contribution < 1.29 is 27.4 Å². The van der Waals surface area contributed by atoms with Crippen LogP contribution in [0.15, 0.2) is 48.5 Å². The summed E-state index contributed by atoms with van der Waals surface area (Å²) >= 11 is 0. The SMILES string of the molecule is N#CCNc1ccc(NC(=O)OCc2ccccc2)c(OC(F)(F)F)c1. The molecular formula is C17H14F3N3O3. The molecule has 136 valence electrons. The van der Waals surface area contributed by atoms with Gasteiger partial charge >= 0.3 is 12.5 Å². The molecule has 0 aliphatic heterocycles. The standard InChI is InChI=1S/C17H14F3N3O3/c18-17(19,20)26-15-10-13(22-9-8-21)6-7-14(15)23-16(24)25-11-12-4-2-1-3-5-12/h1-7,10,22H,9,11H2,(H,23,24). The number of alkyl halides is 3. The maximum Gasteiger partial charge on any atom is 0.573 e. The highest BCUT2D eigenvalue weighted by Gasteiger charge is 2.32. The van der Waals surface area contributed by atoms with Crippen molar-refractivity contribution >= 4 is 17.5 Å². The number of hydrogen-bond donors (Lipinski definition) is 2. The van der Waals surface area contributed by atoms with Gasteiger partial charge in [0, 0.05) is 11.8 Å². The predicted molar refractivity (Wildman–Crippen MR) is 87.5 cm³/mol.